The van der Waals surface area contributed by atoms with Gasteiger partial charge in [-0.15, -0.1) is 0 Å². The van der Waals surface area contributed by atoms with Gasteiger partial charge in [-0.05, 0) is 27.0 Å². The minimum Gasteiger partial charge on any atom is -0.507 e. The summed E-state index contributed by atoms with van der Waals surface area (Å²) in [7, 11) is 3.42. The van der Waals surface area contributed by atoms with Gasteiger partial charge in [0.2, 0.25) is 0 Å². The Balaban J connectivity index is 1.70. The number of phenolic OH excluding ortho intramolecular Hbond substituents is 3. The zero-order chi connectivity index (χ0) is 43.7. The lowest BCUT2D eigenvalue weighted by Crippen LogP contribution is -2.46. The number of carbonyl (C=O) groups excluding carboxylic acids is 3. The summed E-state index contributed by atoms with van der Waals surface area (Å²) in [5.41, 5.74) is -0.350. The van der Waals surface area contributed by atoms with Gasteiger partial charge in [0.15, 0.2) is 5.75 Å². The van der Waals surface area contributed by atoms with Crippen LogP contribution in [0.5, 0.6) is 23.0 Å². The summed E-state index contributed by atoms with van der Waals surface area (Å²) in [4.78, 5) is 42.6. The Labute approximate surface area is 344 Å². The predicted octanol–water partition coefficient (Wildman–Crippen LogP) is 4.34. The van der Waals surface area contributed by atoms with Crippen molar-refractivity contribution < 1.29 is 58.9 Å². The zero-order valence-electron chi connectivity index (χ0n) is 35.3. The molecule has 322 valence electrons. The van der Waals surface area contributed by atoms with E-state index in [0.717, 1.165) is 13.1 Å². The number of ketones is 1. The fourth-order valence-corrected chi connectivity index (χ4v) is 7.92. The first-order chi connectivity index (χ1) is 27.7. The SMILES string of the molecule is CO[C@H]1/C=C/O[C@@]2(C)Oc3c(C)c(O)c4c(O)c(c(/C=N/N5CCN(C)CC5)c(O)c4c3C2=O)NC(=O)/C(C)=C\C=C/[C@H](C)[C@H](O)[C@@H](C)[C@@H](O)[C@@H](C)[C@H](OC(C)=O)[C@@H]1C. The van der Waals surface area contributed by atoms with Crippen molar-refractivity contribution in [3.8, 4) is 23.0 Å². The number of rotatable bonds is 4. The van der Waals surface area contributed by atoms with Gasteiger partial charge in [-0.3, -0.25) is 19.4 Å². The number of fused-ring (bicyclic) bond motifs is 14. The minimum atomic E-state index is -2.04. The standard InChI is InChI=1S/C43H58N4O12/c1-21-12-11-13-22(2)42(55)45-33-28(20-44-47-17-15-46(9)16-18-47)37(52)30-31(38(33)53)36(51)26(6)40-32(30)41(54)43(8,59-40)57-19-14-29(56-10)23(3)39(58-27(7)48)25(5)35(50)24(4)34(21)49/h11-14,19-21,23-25,29,34-35,39,49-53H,15-18H2,1-10H3,(H,45,55)/b12-11-,19-14+,22-13-,44-20+/t21-,23+,24+,25+,29-,34-,35+,39+,43-/m0/s1. The van der Waals surface area contributed by atoms with E-state index in [4.69, 9.17) is 18.9 Å². The number of methoxy groups -OCH3 is 1. The van der Waals surface area contributed by atoms with Gasteiger partial charge in [0.05, 0.1) is 53.0 Å². The van der Waals surface area contributed by atoms with Crippen molar-refractivity contribution in [2.75, 3.05) is 45.7 Å². The highest BCUT2D eigenvalue weighted by atomic mass is 16.7. The van der Waals surface area contributed by atoms with E-state index in [2.05, 4.69) is 15.3 Å². The number of amides is 1. The van der Waals surface area contributed by atoms with Gasteiger partial charge in [-0.25, -0.2) is 0 Å². The number of allylic oxidation sites excluding steroid dienone is 2. The van der Waals surface area contributed by atoms with Crippen LogP contribution in [-0.2, 0) is 23.8 Å². The molecule has 16 nitrogen and oxygen atoms in total. The summed E-state index contributed by atoms with van der Waals surface area (Å²) >= 11 is 0. The van der Waals surface area contributed by atoms with Gasteiger partial charge in [0, 0.05) is 87.3 Å². The lowest BCUT2D eigenvalue weighted by molar-refractivity contribution is -0.160. The van der Waals surface area contributed by atoms with Crippen LogP contribution in [0.2, 0.25) is 0 Å². The number of benzene rings is 2. The maximum atomic E-state index is 14.4. The summed E-state index contributed by atoms with van der Waals surface area (Å²) in [6.45, 7) is 15.1. The third-order valence-electron chi connectivity index (χ3n) is 11.9. The molecule has 0 saturated carbocycles. The zero-order valence-corrected chi connectivity index (χ0v) is 35.3. The predicted molar refractivity (Wildman–Crippen MR) is 220 cm³/mol. The molecule has 4 aliphatic heterocycles. The first-order valence-corrected chi connectivity index (χ1v) is 19.8. The van der Waals surface area contributed by atoms with Gasteiger partial charge in [0.1, 0.15) is 23.4 Å². The van der Waals surface area contributed by atoms with E-state index in [-0.39, 0.29) is 44.5 Å². The van der Waals surface area contributed by atoms with E-state index >= 15 is 0 Å². The number of hydrogen-bond acceptors (Lipinski definition) is 15. The molecule has 4 aliphatic rings. The second kappa shape index (κ2) is 18.0. The first-order valence-electron chi connectivity index (χ1n) is 19.8. The molecule has 1 amide bonds. The number of aliphatic hydroxyl groups is 2. The van der Waals surface area contributed by atoms with Gasteiger partial charge >= 0.3 is 11.8 Å². The van der Waals surface area contributed by atoms with Crippen molar-refractivity contribution in [1.29, 1.82) is 0 Å². The number of aliphatic hydroxyl groups excluding tert-OH is 2. The monoisotopic (exact) mass is 822 g/mol. The van der Waals surface area contributed by atoms with Crippen LogP contribution < -0.4 is 10.1 Å². The normalized spacial score (nSPS) is 32.1. The number of anilines is 1. The number of ether oxygens (including phenoxy) is 4. The number of aromatic hydroxyl groups is 3. The van der Waals surface area contributed by atoms with Crippen LogP contribution in [0.3, 0.4) is 0 Å². The van der Waals surface area contributed by atoms with Crippen molar-refractivity contribution in [3.05, 3.63) is 52.8 Å². The number of esters is 1. The molecular formula is C43H58N4O12. The molecule has 1 saturated heterocycles. The number of hydrazone groups is 1. The van der Waals surface area contributed by atoms with Crippen LogP contribution in [-0.4, -0.2) is 130 Å². The number of hydrogen-bond donors (Lipinski definition) is 6. The van der Waals surface area contributed by atoms with Crippen LogP contribution in [0.4, 0.5) is 5.69 Å². The highest BCUT2D eigenvalue weighted by molar-refractivity contribution is 6.23. The van der Waals surface area contributed by atoms with E-state index in [1.54, 1.807) is 44.9 Å². The summed E-state index contributed by atoms with van der Waals surface area (Å²) < 4.78 is 23.6. The molecule has 6 rings (SSSR count). The van der Waals surface area contributed by atoms with E-state index in [0.29, 0.717) is 13.1 Å². The van der Waals surface area contributed by atoms with E-state index < -0.39 is 88.8 Å². The molecule has 1 fully saturated rings. The van der Waals surface area contributed by atoms with Gasteiger partial charge in [-0.1, -0.05) is 45.9 Å². The summed E-state index contributed by atoms with van der Waals surface area (Å²) in [5, 5.41) is 66.8. The molecule has 0 spiro atoms. The van der Waals surface area contributed by atoms with Gasteiger partial charge < -0.3 is 54.7 Å². The summed E-state index contributed by atoms with van der Waals surface area (Å²) in [6, 6.07) is 0. The summed E-state index contributed by atoms with van der Waals surface area (Å²) in [5.74, 6) is -8.34. The number of Topliss-reactive ketones (excluding diaryl/α,β-unsaturated/α-hetero) is 1. The second-order valence-corrected chi connectivity index (χ2v) is 16.1. The van der Waals surface area contributed by atoms with Crippen molar-refractivity contribution in [3.63, 3.8) is 0 Å². The van der Waals surface area contributed by atoms with E-state index in [1.807, 2.05) is 7.05 Å². The van der Waals surface area contributed by atoms with Crippen LogP contribution in [0.1, 0.15) is 70.0 Å². The molecule has 0 unspecified atom stereocenters. The highest BCUT2D eigenvalue weighted by Gasteiger charge is 2.50. The maximum Gasteiger partial charge on any atom is 0.312 e. The van der Waals surface area contributed by atoms with Crippen LogP contribution in [0.15, 0.2) is 41.2 Å². The Morgan fingerprint density at radius 3 is 2.24 bits per heavy atom. The molecule has 9 atom stereocenters. The Morgan fingerprint density at radius 2 is 1.61 bits per heavy atom. The fourth-order valence-electron chi connectivity index (χ4n) is 7.92. The molecule has 5 bridgehead atoms. The van der Waals surface area contributed by atoms with E-state index in [1.165, 1.54) is 59.4 Å². The lowest BCUT2D eigenvalue weighted by Gasteiger charge is -2.38. The molecule has 16 heteroatoms. The number of piperazine rings is 1. The maximum absolute atomic E-state index is 14.4. The third-order valence-corrected chi connectivity index (χ3v) is 11.9. The molecular weight excluding hydrogens is 764 g/mol. The summed E-state index contributed by atoms with van der Waals surface area (Å²) in [6.07, 6.45) is 4.86. The van der Waals surface area contributed by atoms with Crippen LogP contribution >= 0.6 is 0 Å². The third kappa shape index (κ3) is 8.91. The highest BCUT2D eigenvalue weighted by Crippen LogP contribution is 2.55. The van der Waals surface area contributed by atoms with Crippen molar-refractivity contribution in [2.45, 2.75) is 85.6 Å². The van der Waals surface area contributed by atoms with Crippen LogP contribution in [0, 0.1) is 30.6 Å². The van der Waals surface area contributed by atoms with E-state index in [9.17, 15) is 39.9 Å². The smallest absolute Gasteiger partial charge is 0.312 e. The van der Waals surface area contributed by atoms with Crippen molar-refractivity contribution in [2.24, 2.45) is 28.8 Å². The number of likely N-dealkylation sites (N-methyl/N-ethyl adjacent to an activating group) is 1. The minimum absolute atomic E-state index is 0.0559. The molecule has 2 aromatic carbocycles. The number of nitrogens with one attached hydrogen (secondary N) is 1. The first kappa shape index (κ1) is 44.9. The molecule has 6 N–H and O–H groups in total. The quantitative estimate of drug-likeness (QED) is 0.109. The molecule has 0 aliphatic carbocycles. The Hall–Kier alpha value is -5.16. The average Bonchev–Trinajstić information content (AvgIpc) is 3.46. The second-order valence-electron chi connectivity index (χ2n) is 16.1. The molecule has 0 radical (unpaired) electrons. The molecule has 2 aromatic rings. The number of carbonyl (C=O) groups is 3. The molecule has 59 heavy (non-hydrogen) atoms. The van der Waals surface area contributed by atoms with Crippen molar-refractivity contribution >= 4 is 40.3 Å². The average molecular weight is 823 g/mol. The van der Waals surface area contributed by atoms with Crippen molar-refractivity contribution in [1.82, 2.24) is 9.91 Å². The topological polar surface area (TPSA) is 220 Å². The molecule has 0 aromatic heterocycles. The fraction of sp³-hybridized carbons (Fsp3) is 0.535. The molecule has 4 heterocycles. The largest absolute Gasteiger partial charge is 0.507 e. The lowest BCUT2D eigenvalue weighted by atomic mass is 9.78. The number of phenols is 3. The Bertz CT molecular complexity index is 2070. The van der Waals surface area contributed by atoms with Crippen LogP contribution in [0.25, 0.3) is 10.8 Å². The van der Waals surface area contributed by atoms with Gasteiger partial charge in [-0.2, -0.15) is 5.10 Å². The van der Waals surface area contributed by atoms with Gasteiger partial charge in [0.25, 0.3) is 11.7 Å². The Morgan fingerprint density at radius 1 is 0.949 bits per heavy atom. The number of nitrogens with zero attached hydrogens (tertiary/aromatic N) is 3. The Kier molecular flexibility index (Phi) is 13.7.